The molecule has 0 saturated carbocycles. The van der Waals surface area contributed by atoms with Crippen LogP contribution in [0.2, 0.25) is 0 Å². The molecule has 0 aliphatic heterocycles. The number of hydrogen-bond acceptors (Lipinski definition) is 4. The largest absolute Gasteiger partial charge is 0.489 e. The van der Waals surface area contributed by atoms with Crippen LogP contribution >= 0.6 is 0 Å². The van der Waals surface area contributed by atoms with Gasteiger partial charge in [0.2, 0.25) is 0 Å². The molecule has 27 heavy (non-hydrogen) atoms. The fraction of sp³-hybridized carbons (Fsp3) is 0.130. The van der Waals surface area contributed by atoms with Crippen LogP contribution < -0.4 is 9.47 Å². The van der Waals surface area contributed by atoms with E-state index in [1.54, 1.807) is 36.4 Å². The van der Waals surface area contributed by atoms with Gasteiger partial charge in [-0.3, -0.25) is 0 Å². The molecule has 0 heterocycles. The minimum absolute atomic E-state index is 0.410. The molecule has 0 unspecified atom stereocenters. The Morgan fingerprint density at radius 3 is 1.63 bits per heavy atom. The zero-order valence-electron chi connectivity index (χ0n) is 15.0. The molecule has 0 radical (unpaired) electrons. The van der Waals surface area contributed by atoms with Gasteiger partial charge >= 0.3 is 0 Å². The third-order valence-electron chi connectivity index (χ3n) is 3.93. The van der Waals surface area contributed by atoms with Crippen molar-refractivity contribution in [3.05, 3.63) is 94.5 Å². The summed E-state index contributed by atoms with van der Waals surface area (Å²) in [6.07, 6.45) is 0. The number of nitrogens with zero attached hydrogens (tertiary/aromatic N) is 2. The van der Waals surface area contributed by atoms with E-state index < -0.39 is 0 Å². The van der Waals surface area contributed by atoms with Crippen molar-refractivity contribution in [2.75, 3.05) is 0 Å². The van der Waals surface area contributed by atoms with Crippen LogP contribution in [0.5, 0.6) is 11.5 Å². The molecule has 0 spiro atoms. The predicted octanol–water partition coefficient (Wildman–Crippen LogP) is 4.90. The van der Waals surface area contributed by atoms with Gasteiger partial charge in [0.1, 0.15) is 24.7 Å². The maximum absolute atomic E-state index is 8.97. The van der Waals surface area contributed by atoms with Crippen molar-refractivity contribution in [3.8, 4) is 23.6 Å². The van der Waals surface area contributed by atoms with Gasteiger partial charge < -0.3 is 9.47 Å². The molecule has 0 aliphatic rings. The average molecular weight is 354 g/mol. The van der Waals surface area contributed by atoms with Crippen molar-refractivity contribution >= 4 is 0 Å². The first-order chi connectivity index (χ1) is 13.2. The average Bonchev–Trinajstić information content (AvgIpc) is 2.71. The molecule has 0 amide bonds. The van der Waals surface area contributed by atoms with Crippen molar-refractivity contribution in [2.45, 2.75) is 20.1 Å². The molecular formula is C23H18N2O2. The standard InChI is InChI=1S/C23H18N2O2/c1-17-8-20(15-26-22-6-2-4-18(11-22)13-24)10-21(9-17)16-27-23-7-3-5-19(12-23)14-25/h2-12H,15-16H2,1H3. The smallest absolute Gasteiger partial charge is 0.121 e. The minimum Gasteiger partial charge on any atom is -0.489 e. The number of rotatable bonds is 6. The summed E-state index contributed by atoms with van der Waals surface area (Å²) in [5.74, 6) is 1.34. The molecule has 0 N–H and O–H groups in total. The third-order valence-corrected chi connectivity index (χ3v) is 3.93. The van der Waals surface area contributed by atoms with Gasteiger partial charge in [-0.1, -0.05) is 29.8 Å². The fourth-order valence-corrected chi connectivity index (χ4v) is 2.76. The Kier molecular flexibility index (Phi) is 5.72. The van der Waals surface area contributed by atoms with E-state index in [1.807, 2.05) is 25.1 Å². The lowest BCUT2D eigenvalue weighted by Crippen LogP contribution is -2.01. The van der Waals surface area contributed by atoms with Crippen LogP contribution in [0.1, 0.15) is 27.8 Å². The monoisotopic (exact) mass is 354 g/mol. The van der Waals surface area contributed by atoms with Gasteiger partial charge in [0.25, 0.3) is 0 Å². The van der Waals surface area contributed by atoms with E-state index in [-0.39, 0.29) is 0 Å². The maximum Gasteiger partial charge on any atom is 0.121 e. The number of ether oxygens (including phenoxy) is 2. The molecule has 0 aliphatic carbocycles. The van der Waals surface area contributed by atoms with Crippen molar-refractivity contribution < 1.29 is 9.47 Å². The van der Waals surface area contributed by atoms with Crippen LogP contribution in [0, 0.1) is 29.6 Å². The lowest BCUT2D eigenvalue weighted by Gasteiger charge is -2.11. The van der Waals surface area contributed by atoms with Gasteiger partial charge in [-0.25, -0.2) is 0 Å². The van der Waals surface area contributed by atoms with Gasteiger partial charge in [-0.05, 0) is 60.5 Å². The first-order valence-electron chi connectivity index (χ1n) is 8.51. The second-order valence-electron chi connectivity index (χ2n) is 6.18. The van der Waals surface area contributed by atoms with Gasteiger partial charge in [-0.2, -0.15) is 10.5 Å². The normalized spacial score (nSPS) is 9.89. The summed E-state index contributed by atoms with van der Waals surface area (Å²) in [4.78, 5) is 0. The van der Waals surface area contributed by atoms with Crippen LogP contribution in [0.25, 0.3) is 0 Å². The van der Waals surface area contributed by atoms with Crippen LogP contribution in [-0.4, -0.2) is 0 Å². The number of nitriles is 2. The van der Waals surface area contributed by atoms with Crippen LogP contribution in [0.4, 0.5) is 0 Å². The van der Waals surface area contributed by atoms with Gasteiger partial charge in [0, 0.05) is 0 Å². The second-order valence-corrected chi connectivity index (χ2v) is 6.18. The van der Waals surface area contributed by atoms with Crippen molar-refractivity contribution in [2.24, 2.45) is 0 Å². The molecule has 0 aromatic heterocycles. The fourth-order valence-electron chi connectivity index (χ4n) is 2.76. The molecule has 3 aromatic carbocycles. The van der Waals surface area contributed by atoms with Crippen molar-refractivity contribution in [1.82, 2.24) is 0 Å². The molecule has 3 rings (SSSR count). The third kappa shape index (κ3) is 5.11. The summed E-state index contributed by atoms with van der Waals surface area (Å²) in [6.45, 7) is 2.85. The first-order valence-corrected chi connectivity index (χ1v) is 8.51. The van der Waals surface area contributed by atoms with Crippen LogP contribution in [-0.2, 0) is 13.2 Å². The second kappa shape index (κ2) is 8.56. The highest BCUT2D eigenvalue weighted by atomic mass is 16.5. The molecular weight excluding hydrogens is 336 g/mol. The van der Waals surface area contributed by atoms with E-state index in [0.717, 1.165) is 16.7 Å². The molecule has 0 bridgehead atoms. The topological polar surface area (TPSA) is 66.0 Å². The molecule has 0 saturated heterocycles. The van der Waals surface area contributed by atoms with Gasteiger partial charge in [0.15, 0.2) is 0 Å². The highest BCUT2D eigenvalue weighted by molar-refractivity contribution is 5.38. The van der Waals surface area contributed by atoms with Gasteiger partial charge in [-0.15, -0.1) is 0 Å². The number of hydrogen-bond donors (Lipinski definition) is 0. The summed E-state index contributed by atoms with van der Waals surface area (Å²) >= 11 is 0. The van der Waals surface area contributed by atoms with E-state index in [9.17, 15) is 0 Å². The quantitative estimate of drug-likeness (QED) is 0.632. The summed E-state index contributed by atoms with van der Waals surface area (Å²) in [5.41, 5.74) is 4.32. The summed E-state index contributed by atoms with van der Waals surface area (Å²) in [5, 5.41) is 17.9. The number of aryl methyl sites for hydroxylation is 1. The SMILES string of the molecule is Cc1cc(COc2cccc(C#N)c2)cc(COc2cccc(C#N)c2)c1. The highest BCUT2D eigenvalue weighted by Gasteiger charge is 2.03. The minimum atomic E-state index is 0.410. The van der Waals surface area contributed by atoms with E-state index in [1.165, 1.54) is 0 Å². The van der Waals surface area contributed by atoms with E-state index >= 15 is 0 Å². The lowest BCUT2D eigenvalue weighted by atomic mass is 10.1. The molecule has 0 atom stereocenters. The van der Waals surface area contributed by atoms with E-state index in [2.05, 4.69) is 24.3 Å². The Bertz CT molecular complexity index is 949. The molecule has 3 aromatic rings. The molecule has 4 nitrogen and oxygen atoms in total. The lowest BCUT2D eigenvalue weighted by molar-refractivity contribution is 0.299. The predicted molar refractivity (Wildman–Crippen MR) is 102 cm³/mol. The Balaban J connectivity index is 1.66. The molecule has 4 heteroatoms. The zero-order chi connectivity index (χ0) is 19.1. The van der Waals surface area contributed by atoms with Crippen LogP contribution in [0.3, 0.4) is 0 Å². The highest BCUT2D eigenvalue weighted by Crippen LogP contribution is 2.19. The Morgan fingerprint density at radius 2 is 1.19 bits per heavy atom. The van der Waals surface area contributed by atoms with E-state index in [4.69, 9.17) is 20.0 Å². The van der Waals surface area contributed by atoms with Crippen molar-refractivity contribution in [3.63, 3.8) is 0 Å². The van der Waals surface area contributed by atoms with Gasteiger partial charge in [0.05, 0.1) is 23.3 Å². The maximum atomic E-state index is 8.97. The van der Waals surface area contributed by atoms with Crippen molar-refractivity contribution in [1.29, 1.82) is 10.5 Å². The Labute approximate surface area is 158 Å². The van der Waals surface area contributed by atoms with Crippen LogP contribution in [0.15, 0.2) is 66.7 Å². The van der Waals surface area contributed by atoms with E-state index in [0.29, 0.717) is 35.8 Å². The summed E-state index contributed by atoms with van der Waals surface area (Å²) in [7, 11) is 0. The molecule has 132 valence electrons. The molecule has 0 fully saturated rings. The summed E-state index contributed by atoms with van der Waals surface area (Å²) < 4.78 is 11.6. The first kappa shape index (κ1) is 18.0. The Hall–Kier alpha value is -3.76. The Morgan fingerprint density at radius 1 is 0.704 bits per heavy atom. The zero-order valence-corrected chi connectivity index (χ0v) is 15.0. The number of benzene rings is 3. The summed E-state index contributed by atoms with van der Waals surface area (Å²) in [6, 6.07) is 24.6.